The summed E-state index contributed by atoms with van der Waals surface area (Å²) in [7, 11) is 2.14. The van der Waals surface area contributed by atoms with E-state index in [1.807, 2.05) is 54.6 Å². The summed E-state index contributed by atoms with van der Waals surface area (Å²) < 4.78 is 12.0. The summed E-state index contributed by atoms with van der Waals surface area (Å²) in [6.45, 7) is 3.22. The first-order valence-corrected chi connectivity index (χ1v) is 10.3. The van der Waals surface area contributed by atoms with E-state index in [4.69, 9.17) is 9.47 Å². The molecule has 4 heteroatoms. The van der Waals surface area contributed by atoms with Crippen molar-refractivity contribution in [1.29, 1.82) is 0 Å². The highest BCUT2D eigenvalue weighted by molar-refractivity contribution is 5.89. The van der Waals surface area contributed by atoms with Gasteiger partial charge >= 0.3 is 5.97 Å². The summed E-state index contributed by atoms with van der Waals surface area (Å²) in [6, 6.07) is 18.0. The summed E-state index contributed by atoms with van der Waals surface area (Å²) in [6.07, 6.45) is 3.79. The first kappa shape index (κ1) is 19.0. The number of benzene rings is 2. The first-order valence-electron chi connectivity index (χ1n) is 10.3. The Kier molecular flexibility index (Phi) is 5.67. The molecule has 148 valence electrons. The van der Waals surface area contributed by atoms with E-state index in [0.29, 0.717) is 25.6 Å². The van der Waals surface area contributed by atoms with Crippen LogP contribution in [0.1, 0.15) is 36.8 Å². The maximum atomic E-state index is 13.7. The van der Waals surface area contributed by atoms with E-state index in [0.717, 1.165) is 42.8 Å². The zero-order chi connectivity index (χ0) is 19.4. The highest BCUT2D eigenvalue weighted by atomic mass is 16.5. The van der Waals surface area contributed by atoms with E-state index < -0.39 is 5.41 Å². The Morgan fingerprint density at radius 3 is 2.75 bits per heavy atom. The number of fused-ring (bicyclic) bond motifs is 1. The Morgan fingerprint density at radius 1 is 1.14 bits per heavy atom. The molecular formula is C24H29NO3. The van der Waals surface area contributed by atoms with Gasteiger partial charge in [-0.1, -0.05) is 48.5 Å². The number of esters is 1. The maximum absolute atomic E-state index is 13.7. The molecule has 0 bridgehead atoms. The van der Waals surface area contributed by atoms with Crippen molar-refractivity contribution in [3.63, 3.8) is 0 Å². The lowest BCUT2D eigenvalue weighted by Gasteiger charge is -2.34. The second-order valence-corrected chi connectivity index (χ2v) is 8.09. The van der Waals surface area contributed by atoms with E-state index in [1.165, 1.54) is 6.42 Å². The van der Waals surface area contributed by atoms with Gasteiger partial charge in [0.05, 0.1) is 13.2 Å². The molecule has 0 spiro atoms. The minimum atomic E-state index is -0.811. The molecular weight excluding hydrogens is 350 g/mol. The largest absolute Gasteiger partial charge is 0.493 e. The number of carbonyl (C=O) groups excluding carboxylic acids is 1. The van der Waals surface area contributed by atoms with Crippen LogP contribution in [-0.2, 0) is 14.9 Å². The number of likely N-dealkylation sites (tertiary alicyclic amines) is 1. The molecule has 2 atom stereocenters. The van der Waals surface area contributed by atoms with E-state index in [1.54, 1.807) is 0 Å². The lowest BCUT2D eigenvalue weighted by Crippen LogP contribution is -2.41. The van der Waals surface area contributed by atoms with Crippen LogP contribution in [-0.4, -0.2) is 44.2 Å². The molecule has 0 saturated carbocycles. The molecule has 0 amide bonds. The number of hydrogen-bond acceptors (Lipinski definition) is 4. The number of nitrogens with zero attached hydrogens (tertiary/aromatic N) is 1. The first-order chi connectivity index (χ1) is 13.7. The average Bonchev–Trinajstić information content (AvgIpc) is 2.93. The number of hydrogen-bond donors (Lipinski definition) is 0. The molecule has 0 N–H and O–H groups in total. The van der Waals surface area contributed by atoms with Crippen molar-refractivity contribution in [1.82, 2.24) is 4.90 Å². The summed E-state index contributed by atoms with van der Waals surface area (Å²) in [4.78, 5) is 16.0. The lowest BCUT2D eigenvalue weighted by atomic mass is 9.71. The van der Waals surface area contributed by atoms with Gasteiger partial charge in [0.15, 0.2) is 0 Å². The number of carbonyl (C=O) groups is 1. The summed E-state index contributed by atoms with van der Waals surface area (Å²) in [5.74, 6) is 1.05. The van der Waals surface area contributed by atoms with Crippen LogP contribution in [0.5, 0.6) is 5.75 Å². The minimum Gasteiger partial charge on any atom is -0.493 e. The highest BCUT2D eigenvalue weighted by Gasteiger charge is 2.46. The Hall–Kier alpha value is -2.33. The molecule has 2 unspecified atom stereocenters. The molecule has 2 aromatic carbocycles. The Balaban J connectivity index is 1.68. The van der Waals surface area contributed by atoms with Crippen molar-refractivity contribution in [3.8, 4) is 5.75 Å². The van der Waals surface area contributed by atoms with Gasteiger partial charge in [-0.15, -0.1) is 0 Å². The second kappa shape index (κ2) is 8.36. The van der Waals surface area contributed by atoms with Crippen molar-refractivity contribution in [2.75, 3.05) is 33.4 Å². The van der Waals surface area contributed by atoms with E-state index in [9.17, 15) is 4.79 Å². The third-order valence-electron chi connectivity index (χ3n) is 6.09. The van der Waals surface area contributed by atoms with Gasteiger partial charge in [0.2, 0.25) is 0 Å². The Labute approximate surface area is 167 Å². The molecule has 2 heterocycles. The zero-order valence-electron chi connectivity index (χ0n) is 16.6. The number of piperidine rings is 1. The smallest absolute Gasteiger partial charge is 0.321 e. The van der Waals surface area contributed by atoms with Gasteiger partial charge in [0.1, 0.15) is 11.2 Å². The molecule has 4 rings (SSSR count). The van der Waals surface area contributed by atoms with Crippen LogP contribution >= 0.6 is 0 Å². The molecule has 1 saturated heterocycles. The Bertz CT molecular complexity index is 807. The van der Waals surface area contributed by atoms with Gasteiger partial charge < -0.3 is 14.4 Å². The predicted molar refractivity (Wildman–Crippen MR) is 110 cm³/mol. The molecule has 0 radical (unpaired) electrons. The van der Waals surface area contributed by atoms with Crippen molar-refractivity contribution >= 4 is 5.97 Å². The van der Waals surface area contributed by atoms with Gasteiger partial charge in [0, 0.05) is 18.0 Å². The fourth-order valence-corrected chi connectivity index (χ4v) is 4.68. The average molecular weight is 380 g/mol. The molecule has 1 fully saturated rings. The molecule has 0 aliphatic carbocycles. The second-order valence-electron chi connectivity index (χ2n) is 8.09. The van der Waals surface area contributed by atoms with Crippen molar-refractivity contribution in [2.24, 2.45) is 5.92 Å². The van der Waals surface area contributed by atoms with Gasteiger partial charge in [-0.3, -0.25) is 4.79 Å². The zero-order valence-corrected chi connectivity index (χ0v) is 16.6. The number of para-hydroxylation sites is 1. The number of ether oxygens (including phenoxy) is 2. The van der Waals surface area contributed by atoms with E-state index in [2.05, 4.69) is 11.9 Å². The highest BCUT2D eigenvalue weighted by Crippen LogP contribution is 2.44. The van der Waals surface area contributed by atoms with Crippen LogP contribution in [0.2, 0.25) is 0 Å². The normalized spacial score (nSPS) is 25.2. The van der Waals surface area contributed by atoms with Gasteiger partial charge in [-0.2, -0.15) is 0 Å². The van der Waals surface area contributed by atoms with Crippen molar-refractivity contribution in [3.05, 3.63) is 65.7 Å². The lowest BCUT2D eigenvalue weighted by molar-refractivity contribution is -0.151. The topological polar surface area (TPSA) is 38.8 Å². The van der Waals surface area contributed by atoms with Gasteiger partial charge in [-0.05, 0) is 50.9 Å². The third-order valence-corrected chi connectivity index (χ3v) is 6.09. The SMILES string of the molecule is CN1CCCC(COC(=O)C2(c3ccccc3)CCCOc3ccccc32)C1. The monoisotopic (exact) mass is 379 g/mol. The van der Waals surface area contributed by atoms with E-state index >= 15 is 0 Å². The van der Waals surface area contributed by atoms with Crippen molar-refractivity contribution in [2.45, 2.75) is 31.1 Å². The maximum Gasteiger partial charge on any atom is 0.321 e. The standard InChI is InChI=1S/C24H29NO3/c1-25-15-7-9-19(17-25)18-28-23(26)24(20-10-3-2-4-11-20)14-8-16-27-22-13-6-5-12-21(22)24/h2-6,10-13,19H,7-9,14-18H2,1H3. The third kappa shape index (κ3) is 3.66. The molecule has 4 nitrogen and oxygen atoms in total. The van der Waals surface area contributed by atoms with Gasteiger partial charge in [-0.25, -0.2) is 0 Å². The minimum absolute atomic E-state index is 0.148. The van der Waals surface area contributed by atoms with Crippen LogP contribution < -0.4 is 4.74 Å². The summed E-state index contributed by atoms with van der Waals surface area (Å²) >= 11 is 0. The summed E-state index contributed by atoms with van der Waals surface area (Å²) in [5.41, 5.74) is 1.10. The fraction of sp³-hybridized carbons (Fsp3) is 0.458. The Morgan fingerprint density at radius 2 is 1.93 bits per heavy atom. The quantitative estimate of drug-likeness (QED) is 0.752. The predicted octanol–water partition coefficient (Wildman–Crippen LogP) is 4.03. The molecule has 0 aromatic heterocycles. The van der Waals surface area contributed by atoms with E-state index in [-0.39, 0.29) is 5.97 Å². The number of rotatable bonds is 4. The fourth-order valence-electron chi connectivity index (χ4n) is 4.68. The van der Waals surface area contributed by atoms with Crippen LogP contribution in [0.15, 0.2) is 54.6 Å². The van der Waals surface area contributed by atoms with Crippen LogP contribution in [0.4, 0.5) is 0 Å². The molecule has 2 aliphatic rings. The van der Waals surface area contributed by atoms with Gasteiger partial charge in [0.25, 0.3) is 0 Å². The molecule has 28 heavy (non-hydrogen) atoms. The van der Waals surface area contributed by atoms with Crippen molar-refractivity contribution < 1.29 is 14.3 Å². The van der Waals surface area contributed by atoms with Crippen LogP contribution in [0, 0.1) is 5.92 Å². The van der Waals surface area contributed by atoms with Crippen LogP contribution in [0.25, 0.3) is 0 Å². The molecule has 2 aliphatic heterocycles. The van der Waals surface area contributed by atoms with Crippen LogP contribution in [0.3, 0.4) is 0 Å². The summed E-state index contributed by atoms with van der Waals surface area (Å²) in [5, 5.41) is 0. The molecule has 2 aromatic rings.